The molecular weight excluding hydrogens is 212 g/mol. The molecule has 1 aromatic heterocycles. The second kappa shape index (κ2) is 3.77. The molecule has 3 heteroatoms. The van der Waals surface area contributed by atoms with Gasteiger partial charge >= 0.3 is 0 Å². The normalized spacial score (nSPS) is 19.8. The van der Waals surface area contributed by atoms with E-state index in [1.54, 1.807) is 6.07 Å². The van der Waals surface area contributed by atoms with Crippen LogP contribution in [0.5, 0.6) is 5.75 Å². The zero-order chi connectivity index (χ0) is 12.0. The van der Waals surface area contributed by atoms with Gasteiger partial charge in [-0.2, -0.15) is 0 Å². The lowest BCUT2D eigenvalue weighted by atomic mass is 9.91. The molecule has 0 unspecified atom stereocenters. The Morgan fingerprint density at radius 1 is 1.35 bits per heavy atom. The van der Waals surface area contributed by atoms with Gasteiger partial charge in [0.2, 0.25) is 0 Å². The highest BCUT2D eigenvalue weighted by molar-refractivity contribution is 5.86. The van der Waals surface area contributed by atoms with E-state index in [4.69, 9.17) is 0 Å². The lowest BCUT2D eigenvalue weighted by Gasteiger charge is -2.28. The molecule has 90 valence electrons. The molecule has 0 saturated carbocycles. The van der Waals surface area contributed by atoms with Gasteiger partial charge in [-0.3, -0.25) is 0 Å². The number of phenolic OH excluding ortho intramolecular Hbond substituents is 1. The van der Waals surface area contributed by atoms with Crippen LogP contribution in [0.3, 0.4) is 0 Å². The highest BCUT2D eigenvalue weighted by Gasteiger charge is 2.23. The summed E-state index contributed by atoms with van der Waals surface area (Å²) in [5.41, 5.74) is 3.85. The lowest BCUT2D eigenvalue weighted by Crippen LogP contribution is -2.33. The van der Waals surface area contributed by atoms with Gasteiger partial charge in [-0.15, -0.1) is 0 Å². The first-order valence-electron chi connectivity index (χ1n) is 6.14. The molecule has 0 fully saturated rings. The minimum absolute atomic E-state index is 0.334. The fraction of sp³-hybridized carbons (Fsp3) is 0.429. The van der Waals surface area contributed by atoms with E-state index in [-0.39, 0.29) is 0 Å². The van der Waals surface area contributed by atoms with Gasteiger partial charge in [-0.25, -0.2) is 0 Å². The van der Waals surface area contributed by atoms with Crippen LogP contribution in [-0.4, -0.2) is 35.1 Å². The molecule has 1 atom stereocenters. The second-order valence-corrected chi connectivity index (χ2v) is 5.17. The van der Waals surface area contributed by atoms with Crippen molar-refractivity contribution < 1.29 is 5.11 Å². The van der Waals surface area contributed by atoms with E-state index in [0.29, 0.717) is 11.8 Å². The third kappa shape index (κ3) is 1.71. The molecule has 1 aliphatic rings. The van der Waals surface area contributed by atoms with Crippen molar-refractivity contribution in [3.63, 3.8) is 0 Å². The molecule has 1 aliphatic carbocycles. The number of benzene rings is 1. The van der Waals surface area contributed by atoms with Crippen molar-refractivity contribution in [3.05, 3.63) is 29.5 Å². The van der Waals surface area contributed by atoms with Crippen LogP contribution in [0.25, 0.3) is 10.9 Å². The molecule has 17 heavy (non-hydrogen) atoms. The molecule has 3 nitrogen and oxygen atoms in total. The lowest BCUT2D eigenvalue weighted by molar-refractivity contribution is 0.268. The summed E-state index contributed by atoms with van der Waals surface area (Å²) in [6.07, 6.45) is 3.42. The van der Waals surface area contributed by atoms with Crippen molar-refractivity contribution >= 4 is 10.9 Å². The maximum atomic E-state index is 9.50. The number of likely N-dealkylation sites (N-methyl/N-ethyl adjacent to an activating group) is 1. The summed E-state index contributed by atoms with van der Waals surface area (Å²) in [6.45, 7) is 0. The number of nitrogens with zero attached hydrogens (tertiary/aromatic N) is 1. The van der Waals surface area contributed by atoms with Crippen molar-refractivity contribution in [2.45, 2.75) is 25.3 Å². The summed E-state index contributed by atoms with van der Waals surface area (Å²) in [5.74, 6) is 0.334. The summed E-state index contributed by atoms with van der Waals surface area (Å²) < 4.78 is 0. The number of aryl methyl sites for hydroxylation is 1. The predicted octanol–water partition coefficient (Wildman–Crippen LogP) is 2.29. The number of H-pyrrole nitrogens is 1. The monoisotopic (exact) mass is 230 g/mol. The number of hydrogen-bond donors (Lipinski definition) is 2. The Morgan fingerprint density at radius 2 is 2.18 bits per heavy atom. The van der Waals surface area contributed by atoms with E-state index in [1.807, 2.05) is 12.1 Å². The van der Waals surface area contributed by atoms with E-state index in [2.05, 4.69) is 24.0 Å². The predicted molar refractivity (Wildman–Crippen MR) is 69.5 cm³/mol. The molecule has 1 heterocycles. The first-order chi connectivity index (χ1) is 8.15. The molecule has 0 radical (unpaired) electrons. The first-order valence-corrected chi connectivity index (χ1v) is 6.14. The molecule has 1 aromatic carbocycles. The van der Waals surface area contributed by atoms with Crippen molar-refractivity contribution in [1.82, 2.24) is 9.88 Å². The van der Waals surface area contributed by atoms with Gasteiger partial charge in [0.15, 0.2) is 0 Å². The highest BCUT2D eigenvalue weighted by Crippen LogP contribution is 2.31. The third-order valence-electron chi connectivity index (χ3n) is 3.88. The maximum Gasteiger partial charge on any atom is 0.117 e. The quantitative estimate of drug-likeness (QED) is 0.789. The van der Waals surface area contributed by atoms with Crippen molar-refractivity contribution in [2.24, 2.45) is 0 Å². The molecule has 0 aliphatic heterocycles. The summed E-state index contributed by atoms with van der Waals surface area (Å²) in [5, 5.41) is 10.8. The van der Waals surface area contributed by atoms with Crippen LogP contribution >= 0.6 is 0 Å². The summed E-state index contributed by atoms with van der Waals surface area (Å²) in [7, 11) is 4.30. The Balaban J connectivity index is 2.09. The summed E-state index contributed by atoms with van der Waals surface area (Å²) in [6, 6.07) is 6.25. The van der Waals surface area contributed by atoms with Gasteiger partial charge in [-0.1, -0.05) is 0 Å². The Hall–Kier alpha value is -1.48. The second-order valence-electron chi connectivity index (χ2n) is 5.17. The van der Waals surface area contributed by atoms with Crippen LogP contribution in [0.4, 0.5) is 0 Å². The Labute approximate surface area is 101 Å². The fourth-order valence-corrected chi connectivity index (χ4v) is 2.84. The Bertz CT molecular complexity index is 557. The van der Waals surface area contributed by atoms with E-state index < -0.39 is 0 Å². The average molecular weight is 230 g/mol. The van der Waals surface area contributed by atoms with Crippen molar-refractivity contribution in [1.29, 1.82) is 0 Å². The molecule has 2 aromatic rings. The van der Waals surface area contributed by atoms with Gasteiger partial charge in [0.25, 0.3) is 0 Å². The van der Waals surface area contributed by atoms with E-state index >= 15 is 0 Å². The first kappa shape index (κ1) is 10.7. The van der Waals surface area contributed by atoms with Gasteiger partial charge in [0, 0.05) is 28.7 Å². The van der Waals surface area contributed by atoms with Crippen molar-refractivity contribution in [2.75, 3.05) is 14.1 Å². The van der Waals surface area contributed by atoms with Crippen LogP contribution < -0.4 is 0 Å². The van der Waals surface area contributed by atoms with Crippen LogP contribution in [0.15, 0.2) is 18.2 Å². The largest absolute Gasteiger partial charge is 0.508 e. The molecular formula is C14H18N2O. The topological polar surface area (TPSA) is 39.3 Å². The third-order valence-corrected chi connectivity index (χ3v) is 3.88. The van der Waals surface area contributed by atoms with Gasteiger partial charge in [0.1, 0.15) is 5.75 Å². The number of aromatic hydroxyl groups is 1. The van der Waals surface area contributed by atoms with Crippen LogP contribution in [0.1, 0.15) is 17.7 Å². The van der Waals surface area contributed by atoms with Gasteiger partial charge in [-0.05, 0) is 51.1 Å². The molecule has 0 saturated heterocycles. The number of phenols is 1. The van der Waals surface area contributed by atoms with Crippen molar-refractivity contribution in [3.8, 4) is 5.75 Å². The number of hydrogen-bond acceptors (Lipinski definition) is 2. The Morgan fingerprint density at radius 3 is 2.94 bits per heavy atom. The number of fused-ring (bicyclic) bond motifs is 3. The SMILES string of the molecule is CN(C)[C@H]1CCc2[nH]c3cc(O)ccc3c2C1. The van der Waals surface area contributed by atoms with Gasteiger partial charge in [0.05, 0.1) is 0 Å². The van der Waals surface area contributed by atoms with E-state index in [9.17, 15) is 5.11 Å². The molecule has 0 amide bonds. The molecule has 0 spiro atoms. The van der Waals surface area contributed by atoms with Crippen LogP contribution in [0.2, 0.25) is 0 Å². The van der Waals surface area contributed by atoms with E-state index in [0.717, 1.165) is 18.4 Å². The van der Waals surface area contributed by atoms with Crippen LogP contribution in [0, 0.1) is 0 Å². The minimum Gasteiger partial charge on any atom is -0.508 e. The zero-order valence-corrected chi connectivity index (χ0v) is 10.3. The summed E-state index contributed by atoms with van der Waals surface area (Å²) in [4.78, 5) is 5.75. The van der Waals surface area contributed by atoms with E-state index in [1.165, 1.54) is 23.1 Å². The number of aromatic nitrogens is 1. The maximum absolute atomic E-state index is 9.50. The number of aromatic amines is 1. The smallest absolute Gasteiger partial charge is 0.117 e. The number of rotatable bonds is 1. The fourth-order valence-electron chi connectivity index (χ4n) is 2.84. The standard InChI is InChI=1S/C14H18N2O/c1-16(2)9-3-6-13-12(7-9)11-5-4-10(17)8-14(11)15-13/h4-5,8-9,15,17H,3,6-7H2,1-2H3/t9-/m0/s1. The summed E-state index contributed by atoms with van der Waals surface area (Å²) >= 11 is 0. The zero-order valence-electron chi connectivity index (χ0n) is 10.3. The van der Waals surface area contributed by atoms with Gasteiger partial charge < -0.3 is 15.0 Å². The molecule has 3 rings (SSSR count). The molecule has 2 N–H and O–H groups in total. The average Bonchev–Trinajstić information content (AvgIpc) is 2.64. The van der Waals surface area contributed by atoms with Crippen LogP contribution in [-0.2, 0) is 12.8 Å². The molecule has 0 bridgehead atoms. The highest BCUT2D eigenvalue weighted by atomic mass is 16.3. The Kier molecular flexibility index (Phi) is 2.37. The number of nitrogens with one attached hydrogen (secondary N) is 1. The minimum atomic E-state index is 0.334.